The highest BCUT2D eigenvalue weighted by Crippen LogP contribution is 2.45. The average molecular weight is 324 g/mol. The summed E-state index contributed by atoms with van der Waals surface area (Å²) in [6, 6.07) is 14.4. The van der Waals surface area contributed by atoms with Gasteiger partial charge in [-0.05, 0) is 61.7 Å². The summed E-state index contributed by atoms with van der Waals surface area (Å²) >= 11 is 0. The van der Waals surface area contributed by atoms with Gasteiger partial charge in [0.05, 0.1) is 12.6 Å². The van der Waals surface area contributed by atoms with E-state index in [1.54, 1.807) is 31.4 Å². The van der Waals surface area contributed by atoms with Gasteiger partial charge in [-0.1, -0.05) is 12.1 Å². The molecule has 2 N–H and O–H groups in total. The molecule has 1 aliphatic carbocycles. The second-order valence-electron chi connectivity index (χ2n) is 6.02. The molecular formula is C19H20N2O3. The van der Waals surface area contributed by atoms with Gasteiger partial charge in [0.25, 0.3) is 0 Å². The van der Waals surface area contributed by atoms with Gasteiger partial charge in [-0.15, -0.1) is 0 Å². The molecule has 2 aromatic rings. The van der Waals surface area contributed by atoms with Crippen molar-refractivity contribution in [2.24, 2.45) is 0 Å². The first-order chi connectivity index (χ1) is 11.5. The van der Waals surface area contributed by atoms with Crippen LogP contribution in [0.4, 0.5) is 10.5 Å². The molecule has 0 spiro atoms. The lowest BCUT2D eigenvalue weighted by Gasteiger charge is -2.19. The summed E-state index contributed by atoms with van der Waals surface area (Å²) in [6.07, 6.45) is 1.83. The Hall–Kier alpha value is -2.82. The molecule has 24 heavy (non-hydrogen) atoms. The van der Waals surface area contributed by atoms with Gasteiger partial charge < -0.3 is 15.4 Å². The number of amides is 2. The van der Waals surface area contributed by atoms with Crippen LogP contribution in [0.1, 0.15) is 35.7 Å². The van der Waals surface area contributed by atoms with E-state index in [1.165, 1.54) is 6.92 Å². The van der Waals surface area contributed by atoms with E-state index in [2.05, 4.69) is 10.6 Å². The van der Waals surface area contributed by atoms with Gasteiger partial charge in [0, 0.05) is 11.3 Å². The number of ether oxygens (including phenoxy) is 1. The van der Waals surface area contributed by atoms with Crippen LogP contribution < -0.4 is 15.4 Å². The van der Waals surface area contributed by atoms with Crippen molar-refractivity contribution in [3.8, 4) is 5.75 Å². The largest absolute Gasteiger partial charge is 0.497 e. The van der Waals surface area contributed by atoms with Crippen LogP contribution in [0.2, 0.25) is 0 Å². The average Bonchev–Trinajstić information content (AvgIpc) is 3.36. The number of benzene rings is 2. The van der Waals surface area contributed by atoms with Crippen LogP contribution in [0.5, 0.6) is 5.75 Å². The van der Waals surface area contributed by atoms with Crippen molar-refractivity contribution >= 4 is 17.5 Å². The molecule has 2 aromatic carbocycles. The number of rotatable bonds is 5. The maximum absolute atomic E-state index is 12.3. The van der Waals surface area contributed by atoms with Gasteiger partial charge in [0.2, 0.25) is 0 Å². The van der Waals surface area contributed by atoms with E-state index in [0.29, 0.717) is 11.3 Å². The van der Waals surface area contributed by atoms with E-state index in [1.807, 2.05) is 24.3 Å². The molecule has 0 atom stereocenters. The minimum absolute atomic E-state index is 0.00226. The molecule has 5 heteroatoms. The third kappa shape index (κ3) is 3.40. The van der Waals surface area contributed by atoms with Gasteiger partial charge >= 0.3 is 6.03 Å². The van der Waals surface area contributed by atoms with Crippen LogP contribution in [0.25, 0.3) is 0 Å². The second kappa shape index (κ2) is 6.35. The Morgan fingerprint density at radius 1 is 1.00 bits per heavy atom. The molecule has 0 bridgehead atoms. The number of anilines is 1. The van der Waals surface area contributed by atoms with E-state index in [4.69, 9.17) is 4.74 Å². The molecule has 124 valence electrons. The van der Waals surface area contributed by atoms with Crippen LogP contribution in [0.3, 0.4) is 0 Å². The molecule has 2 amide bonds. The number of ketones is 1. The molecular weight excluding hydrogens is 304 g/mol. The number of methoxy groups -OCH3 is 1. The summed E-state index contributed by atoms with van der Waals surface area (Å²) in [5.41, 5.74) is 2.06. The number of hydrogen-bond acceptors (Lipinski definition) is 3. The Labute approximate surface area is 141 Å². The topological polar surface area (TPSA) is 67.4 Å². The highest BCUT2D eigenvalue weighted by atomic mass is 16.5. The zero-order valence-corrected chi connectivity index (χ0v) is 13.8. The fourth-order valence-corrected chi connectivity index (χ4v) is 2.69. The second-order valence-corrected chi connectivity index (χ2v) is 6.02. The smallest absolute Gasteiger partial charge is 0.319 e. The van der Waals surface area contributed by atoms with E-state index < -0.39 is 0 Å². The van der Waals surface area contributed by atoms with Crippen LogP contribution in [-0.4, -0.2) is 18.9 Å². The highest BCUT2D eigenvalue weighted by Gasteiger charge is 2.45. The van der Waals surface area contributed by atoms with Gasteiger partial charge in [-0.3, -0.25) is 4.79 Å². The molecule has 5 nitrogen and oxygen atoms in total. The van der Waals surface area contributed by atoms with Crippen molar-refractivity contribution in [2.45, 2.75) is 25.3 Å². The Morgan fingerprint density at radius 3 is 2.12 bits per heavy atom. The normalized spacial score (nSPS) is 14.6. The van der Waals surface area contributed by atoms with Gasteiger partial charge in [-0.25, -0.2) is 4.79 Å². The fraction of sp³-hybridized carbons (Fsp3) is 0.263. The zero-order valence-electron chi connectivity index (χ0n) is 13.8. The molecule has 0 heterocycles. The van der Waals surface area contributed by atoms with E-state index in [-0.39, 0.29) is 17.4 Å². The summed E-state index contributed by atoms with van der Waals surface area (Å²) in [5.74, 6) is 0.798. The maximum Gasteiger partial charge on any atom is 0.319 e. The minimum Gasteiger partial charge on any atom is -0.497 e. The lowest BCUT2D eigenvalue weighted by molar-refractivity contribution is 0.101. The van der Waals surface area contributed by atoms with E-state index in [0.717, 1.165) is 24.2 Å². The monoisotopic (exact) mass is 324 g/mol. The summed E-state index contributed by atoms with van der Waals surface area (Å²) in [5, 5.41) is 5.86. The Kier molecular flexibility index (Phi) is 4.25. The van der Waals surface area contributed by atoms with E-state index >= 15 is 0 Å². The number of carbonyl (C=O) groups is 2. The van der Waals surface area contributed by atoms with Crippen molar-refractivity contribution in [1.29, 1.82) is 0 Å². The lowest BCUT2D eigenvalue weighted by atomic mass is 10.1. The lowest BCUT2D eigenvalue weighted by Crippen LogP contribution is -2.38. The number of urea groups is 1. The first-order valence-electron chi connectivity index (χ1n) is 7.87. The summed E-state index contributed by atoms with van der Waals surface area (Å²) in [4.78, 5) is 23.5. The molecule has 0 aromatic heterocycles. The van der Waals surface area contributed by atoms with Gasteiger partial charge in [0.1, 0.15) is 5.75 Å². The Balaban J connectivity index is 1.64. The molecule has 3 rings (SSSR count). The van der Waals surface area contributed by atoms with Crippen LogP contribution in [0, 0.1) is 0 Å². The number of nitrogens with one attached hydrogen (secondary N) is 2. The van der Waals surface area contributed by atoms with Gasteiger partial charge in [0.15, 0.2) is 5.78 Å². The summed E-state index contributed by atoms with van der Waals surface area (Å²) in [7, 11) is 1.63. The van der Waals surface area contributed by atoms with Crippen molar-refractivity contribution in [2.75, 3.05) is 12.4 Å². The molecule has 0 radical (unpaired) electrons. The summed E-state index contributed by atoms with van der Waals surface area (Å²) < 4.78 is 5.17. The predicted octanol–water partition coefficient (Wildman–Crippen LogP) is 3.71. The van der Waals surface area contributed by atoms with E-state index in [9.17, 15) is 9.59 Å². The van der Waals surface area contributed by atoms with Crippen molar-refractivity contribution in [3.05, 3.63) is 59.7 Å². The highest BCUT2D eigenvalue weighted by molar-refractivity contribution is 5.95. The van der Waals surface area contributed by atoms with Crippen LogP contribution in [-0.2, 0) is 5.54 Å². The third-order valence-electron chi connectivity index (χ3n) is 4.29. The third-order valence-corrected chi connectivity index (χ3v) is 4.29. The predicted molar refractivity (Wildman–Crippen MR) is 92.5 cm³/mol. The molecule has 1 fully saturated rings. The maximum atomic E-state index is 12.3. The van der Waals surface area contributed by atoms with Crippen LogP contribution in [0.15, 0.2) is 48.5 Å². The number of hydrogen-bond donors (Lipinski definition) is 2. The van der Waals surface area contributed by atoms with Crippen molar-refractivity contribution in [3.63, 3.8) is 0 Å². The molecule has 0 aliphatic heterocycles. The van der Waals surface area contributed by atoms with Gasteiger partial charge in [-0.2, -0.15) is 0 Å². The number of Topliss-reactive ketones (excluding diaryl/α,β-unsaturated/α-hetero) is 1. The first-order valence-corrected chi connectivity index (χ1v) is 7.87. The van der Waals surface area contributed by atoms with Crippen LogP contribution >= 0.6 is 0 Å². The fourth-order valence-electron chi connectivity index (χ4n) is 2.69. The molecule has 1 aliphatic rings. The Morgan fingerprint density at radius 2 is 1.62 bits per heavy atom. The minimum atomic E-state index is -0.296. The van der Waals surface area contributed by atoms with Crippen molar-refractivity contribution in [1.82, 2.24) is 5.32 Å². The molecule has 1 saturated carbocycles. The molecule has 0 unspecified atom stereocenters. The number of carbonyl (C=O) groups excluding carboxylic acids is 2. The standard InChI is InChI=1S/C19H20N2O3/c1-13(22)14-3-7-16(8-4-14)20-18(23)21-19(11-12-19)15-5-9-17(24-2)10-6-15/h3-10H,11-12H2,1-2H3,(H2,20,21,23). The SMILES string of the molecule is COc1ccc(C2(NC(=O)Nc3ccc(C(C)=O)cc3)CC2)cc1. The van der Waals surface area contributed by atoms with Crippen molar-refractivity contribution < 1.29 is 14.3 Å². The quantitative estimate of drug-likeness (QED) is 0.824. The summed E-state index contributed by atoms with van der Waals surface area (Å²) in [6.45, 7) is 1.51. The molecule has 0 saturated heterocycles. The first kappa shape index (κ1) is 16.1. The Bertz CT molecular complexity index is 747. The zero-order chi connectivity index (χ0) is 17.2.